The van der Waals surface area contributed by atoms with E-state index >= 15 is 0 Å². The topological polar surface area (TPSA) is 59.3 Å². The molecule has 0 atom stereocenters. The van der Waals surface area contributed by atoms with Gasteiger partial charge in [0, 0.05) is 11.8 Å². The molecule has 4 fully saturated rings. The van der Waals surface area contributed by atoms with Gasteiger partial charge in [-0.2, -0.15) is 10.2 Å². The lowest BCUT2D eigenvalue weighted by atomic mass is 9.49. The van der Waals surface area contributed by atoms with Gasteiger partial charge < -0.3 is 0 Å². The number of rotatable bonds is 5. The van der Waals surface area contributed by atoms with Gasteiger partial charge in [0.25, 0.3) is 0 Å². The van der Waals surface area contributed by atoms with Crippen LogP contribution in [0.3, 0.4) is 0 Å². The molecule has 4 saturated carbocycles. The molecule has 0 aliphatic heterocycles. The molecule has 4 aliphatic carbocycles. The van der Waals surface area contributed by atoms with Crippen molar-refractivity contribution in [3.63, 3.8) is 0 Å². The minimum atomic E-state index is -0.184. The molecule has 0 radical (unpaired) electrons. The Labute approximate surface area is 186 Å². The Hall–Kier alpha value is -2.73. The van der Waals surface area contributed by atoms with E-state index in [-0.39, 0.29) is 11.3 Å². The molecule has 3 aromatic rings. The maximum atomic E-state index is 13.2. The Morgan fingerprint density at radius 1 is 1.06 bits per heavy atom. The Kier molecular flexibility index (Phi) is 4.56. The number of benzene rings is 1. The van der Waals surface area contributed by atoms with Crippen LogP contribution in [0.1, 0.15) is 44.1 Å². The SMILES string of the molecule is O=C(NN=Cc1cn(-c2ccccc2)nc1-c1cccs1)C12CC3CC(CC(C3)C1)C2. The monoisotopic (exact) mass is 430 g/mol. The molecule has 1 N–H and O–H groups in total. The molecule has 4 bridgehead atoms. The Morgan fingerprint density at radius 2 is 1.77 bits per heavy atom. The fraction of sp³-hybridized carbons (Fsp3) is 0.400. The van der Waals surface area contributed by atoms with Gasteiger partial charge in [-0.3, -0.25) is 4.79 Å². The van der Waals surface area contributed by atoms with Crippen molar-refractivity contribution in [3.05, 3.63) is 59.6 Å². The predicted octanol–water partition coefficient (Wildman–Crippen LogP) is 5.27. The third-order valence-electron chi connectivity index (χ3n) is 7.41. The van der Waals surface area contributed by atoms with Gasteiger partial charge in [0.1, 0.15) is 5.69 Å². The molecular weight excluding hydrogens is 404 g/mol. The molecule has 158 valence electrons. The largest absolute Gasteiger partial charge is 0.273 e. The third kappa shape index (κ3) is 3.43. The minimum absolute atomic E-state index is 0.121. The number of carbonyl (C=O) groups is 1. The number of para-hydroxylation sites is 1. The van der Waals surface area contributed by atoms with E-state index in [1.165, 1.54) is 19.3 Å². The Bertz CT molecular complexity index is 1080. The summed E-state index contributed by atoms with van der Waals surface area (Å²) in [6.45, 7) is 0. The van der Waals surface area contributed by atoms with Crippen LogP contribution in [0, 0.1) is 23.2 Å². The molecule has 6 heteroatoms. The number of nitrogens with one attached hydrogen (secondary N) is 1. The van der Waals surface area contributed by atoms with Crippen LogP contribution in [-0.2, 0) is 4.79 Å². The van der Waals surface area contributed by atoms with E-state index in [0.29, 0.717) is 0 Å². The molecule has 5 nitrogen and oxygen atoms in total. The van der Waals surface area contributed by atoms with Gasteiger partial charge in [0.15, 0.2) is 0 Å². The molecular formula is C25H26N4OS. The van der Waals surface area contributed by atoms with Crippen LogP contribution in [0.25, 0.3) is 16.3 Å². The van der Waals surface area contributed by atoms with E-state index in [9.17, 15) is 4.79 Å². The highest BCUT2D eigenvalue weighted by Crippen LogP contribution is 2.60. The summed E-state index contributed by atoms with van der Waals surface area (Å²) < 4.78 is 1.87. The zero-order valence-electron chi connectivity index (χ0n) is 17.4. The lowest BCUT2D eigenvalue weighted by Crippen LogP contribution is -2.52. The molecule has 31 heavy (non-hydrogen) atoms. The summed E-state index contributed by atoms with van der Waals surface area (Å²) in [5.41, 5.74) is 5.50. The lowest BCUT2D eigenvalue weighted by Gasteiger charge is -2.55. The summed E-state index contributed by atoms with van der Waals surface area (Å²) in [4.78, 5) is 14.3. The lowest BCUT2D eigenvalue weighted by molar-refractivity contribution is -0.146. The van der Waals surface area contributed by atoms with Crippen molar-refractivity contribution in [3.8, 4) is 16.3 Å². The highest BCUT2D eigenvalue weighted by molar-refractivity contribution is 7.13. The normalized spacial score (nSPS) is 29.0. The molecule has 4 aliphatic rings. The molecule has 0 spiro atoms. The Balaban J connectivity index is 1.24. The van der Waals surface area contributed by atoms with Crippen LogP contribution in [0.15, 0.2) is 59.1 Å². The van der Waals surface area contributed by atoms with Gasteiger partial charge in [-0.25, -0.2) is 10.1 Å². The molecule has 1 amide bonds. The van der Waals surface area contributed by atoms with E-state index in [2.05, 4.69) is 16.6 Å². The summed E-state index contributed by atoms with van der Waals surface area (Å²) in [5, 5.41) is 11.2. The first-order valence-corrected chi connectivity index (χ1v) is 12.1. The summed E-state index contributed by atoms with van der Waals surface area (Å²) in [6, 6.07) is 14.1. The van der Waals surface area contributed by atoms with Gasteiger partial charge in [0.05, 0.1) is 22.2 Å². The van der Waals surface area contributed by atoms with Crippen LogP contribution in [0.4, 0.5) is 0 Å². The number of hydrogen-bond acceptors (Lipinski definition) is 4. The first-order valence-electron chi connectivity index (χ1n) is 11.2. The van der Waals surface area contributed by atoms with Crippen LogP contribution in [0.5, 0.6) is 0 Å². The number of aromatic nitrogens is 2. The highest BCUT2D eigenvalue weighted by Gasteiger charge is 2.54. The molecule has 2 aromatic heterocycles. The summed E-state index contributed by atoms with van der Waals surface area (Å²) in [5.74, 6) is 2.36. The van der Waals surface area contributed by atoms with Crippen molar-refractivity contribution < 1.29 is 4.79 Å². The Morgan fingerprint density at radius 3 is 2.42 bits per heavy atom. The van der Waals surface area contributed by atoms with Crippen molar-refractivity contribution in [2.45, 2.75) is 38.5 Å². The number of hydrazone groups is 1. The first-order chi connectivity index (χ1) is 15.2. The van der Waals surface area contributed by atoms with E-state index in [1.54, 1.807) is 17.6 Å². The third-order valence-corrected chi connectivity index (χ3v) is 8.28. The average Bonchev–Trinajstić information content (AvgIpc) is 3.43. The van der Waals surface area contributed by atoms with Crippen molar-refractivity contribution >= 4 is 23.5 Å². The van der Waals surface area contributed by atoms with Gasteiger partial charge in [-0.15, -0.1) is 11.3 Å². The van der Waals surface area contributed by atoms with E-state index < -0.39 is 0 Å². The standard InChI is InChI=1S/C25H26N4OS/c30-24(25-12-17-9-18(13-25)11-19(10-17)14-25)27-26-15-20-16-29(21-5-2-1-3-6-21)28-23(20)22-7-4-8-31-22/h1-8,15-19H,9-14H2,(H,27,30). The van der Waals surface area contributed by atoms with Crippen LogP contribution in [0.2, 0.25) is 0 Å². The minimum Gasteiger partial charge on any atom is -0.273 e. The van der Waals surface area contributed by atoms with Gasteiger partial charge in [0.2, 0.25) is 5.91 Å². The van der Waals surface area contributed by atoms with Crippen molar-refractivity contribution in [1.82, 2.24) is 15.2 Å². The number of carbonyl (C=O) groups excluding carboxylic acids is 1. The van der Waals surface area contributed by atoms with Crippen molar-refractivity contribution in [2.24, 2.45) is 28.3 Å². The fourth-order valence-corrected chi connectivity index (χ4v) is 7.20. The van der Waals surface area contributed by atoms with Crippen molar-refractivity contribution in [1.29, 1.82) is 0 Å². The van der Waals surface area contributed by atoms with Gasteiger partial charge in [-0.1, -0.05) is 24.3 Å². The first kappa shape index (κ1) is 19.0. The number of thiophene rings is 1. The van der Waals surface area contributed by atoms with Crippen molar-refractivity contribution in [2.75, 3.05) is 0 Å². The summed E-state index contributed by atoms with van der Waals surface area (Å²) in [7, 11) is 0. The second kappa shape index (κ2) is 7.45. The summed E-state index contributed by atoms with van der Waals surface area (Å²) >= 11 is 1.65. The highest BCUT2D eigenvalue weighted by atomic mass is 32.1. The predicted molar refractivity (Wildman–Crippen MR) is 123 cm³/mol. The molecule has 7 rings (SSSR count). The second-order valence-corrected chi connectivity index (χ2v) is 10.5. The average molecular weight is 431 g/mol. The fourth-order valence-electron chi connectivity index (χ4n) is 6.47. The molecule has 1 aromatic carbocycles. The zero-order valence-corrected chi connectivity index (χ0v) is 18.2. The van der Waals surface area contributed by atoms with E-state index in [1.807, 2.05) is 52.7 Å². The van der Waals surface area contributed by atoms with Gasteiger partial charge in [-0.05, 0) is 79.9 Å². The quantitative estimate of drug-likeness (QED) is 0.443. The molecule has 2 heterocycles. The number of nitrogens with zero attached hydrogens (tertiary/aromatic N) is 3. The maximum Gasteiger partial charge on any atom is 0.246 e. The zero-order chi connectivity index (χ0) is 20.8. The van der Waals surface area contributed by atoms with Crippen LogP contribution < -0.4 is 5.43 Å². The van der Waals surface area contributed by atoms with Gasteiger partial charge >= 0.3 is 0 Å². The second-order valence-electron chi connectivity index (χ2n) is 9.59. The smallest absolute Gasteiger partial charge is 0.246 e. The van der Waals surface area contributed by atoms with Crippen LogP contribution >= 0.6 is 11.3 Å². The van der Waals surface area contributed by atoms with E-state index in [4.69, 9.17) is 5.10 Å². The summed E-state index contributed by atoms with van der Waals surface area (Å²) in [6.07, 6.45) is 10.9. The molecule has 0 saturated heterocycles. The van der Waals surface area contributed by atoms with E-state index in [0.717, 1.165) is 58.8 Å². The van der Waals surface area contributed by atoms with Crippen LogP contribution in [-0.4, -0.2) is 21.9 Å². The number of amides is 1. The number of hydrogen-bond donors (Lipinski definition) is 1. The molecule has 0 unspecified atom stereocenters. The maximum absolute atomic E-state index is 13.2.